The molecule has 0 bridgehead atoms. The maximum atomic E-state index is 3.51. The van der Waals surface area contributed by atoms with Crippen LogP contribution in [0.5, 0.6) is 0 Å². The van der Waals surface area contributed by atoms with Gasteiger partial charge in [0.25, 0.3) is 0 Å². The Labute approximate surface area is 112 Å². The van der Waals surface area contributed by atoms with E-state index in [9.17, 15) is 0 Å². The van der Waals surface area contributed by atoms with Crippen molar-refractivity contribution in [3.05, 3.63) is 59.2 Å². The number of H-pyrrole nitrogens is 1. The third kappa shape index (κ3) is 2.26. The molecule has 0 aliphatic heterocycles. The summed E-state index contributed by atoms with van der Waals surface area (Å²) in [5, 5.41) is 1.26. The summed E-state index contributed by atoms with van der Waals surface area (Å²) in [6, 6.07) is 16.7. The van der Waals surface area contributed by atoms with Crippen molar-refractivity contribution in [2.75, 3.05) is 0 Å². The van der Waals surface area contributed by atoms with Gasteiger partial charge in [-0.25, -0.2) is 0 Å². The molecule has 0 radical (unpaired) electrons. The number of aromatic amines is 1. The number of benzene rings is 2. The number of rotatable bonds is 2. The molecule has 0 spiro atoms. The Bertz CT molecular complexity index is 646. The maximum absolute atomic E-state index is 3.51. The third-order valence-electron chi connectivity index (χ3n) is 2.58. The van der Waals surface area contributed by atoms with Crippen molar-refractivity contribution in [3.63, 3.8) is 0 Å². The van der Waals surface area contributed by atoms with Crippen LogP contribution in [0.15, 0.2) is 69.0 Å². The predicted molar refractivity (Wildman–Crippen MR) is 76.6 cm³/mol. The number of aromatic nitrogens is 1. The van der Waals surface area contributed by atoms with Crippen LogP contribution in [-0.4, -0.2) is 4.98 Å². The lowest BCUT2D eigenvalue weighted by atomic mass is 10.2. The van der Waals surface area contributed by atoms with Crippen LogP contribution in [-0.2, 0) is 0 Å². The van der Waals surface area contributed by atoms with Crippen LogP contribution in [0.25, 0.3) is 10.9 Å². The summed E-state index contributed by atoms with van der Waals surface area (Å²) in [4.78, 5) is 5.81. The van der Waals surface area contributed by atoms with Gasteiger partial charge in [0.05, 0.1) is 0 Å². The van der Waals surface area contributed by atoms with Crippen molar-refractivity contribution >= 4 is 38.6 Å². The minimum Gasteiger partial charge on any atom is -0.360 e. The molecule has 1 nitrogen and oxygen atoms in total. The topological polar surface area (TPSA) is 15.8 Å². The Hall–Kier alpha value is -1.19. The Morgan fingerprint density at radius 1 is 1.00 bits per heavy atom. The SMILES string of the molecule is Brc1ccc2[nH]cc(Sc3ccccc3)c2c1. The van der Waals surface area contributed by atoms with E-state index in [4.69, 9.17) is 0 Å². The monoisotopic (exact) mass is 303 g/mol. The van der Waals surface area contributed by atoms with E-state index in [0.717, 1.165) is 4.47 Å². The lowest BCUT2D eigenvalue weighted by Crippen LogP contribution is -1.71. The second-order valence-corrected chi connectivity index (χ2v) is 5.79. The molecule has 3 aromatic rings. The summed E-state index contributed by atoms with van der Waals surface area (Å²) in [6.45, 7) is 0. The van der Waals surface area contributed by atoms with Crippen molar-refractivity contribution < 1.29 is 0 Å². The zero-order valence-electron chi connectivity index (χ0n) is 8.98. The molecule has 17 heavy (non-hydrogen) atoms. The number of hydrogen-bond donors (Lipinski definition) is 1. The van der Waals surface area contributed by atoms with Crippen LogP contribution in [0.1, 0.15) is 0 Å². The highest BCUT2D eigenvalue weighted by molar-refractivity contribution is 9.10. The highest BCUT2D eigenvalue weighted by Gasteiger charge is 2.05. The molecule has 3 heteroatoms. The minimum absolute atomic E-state index is 1.11. The number of nitrogens with one attached hydrogen (secondary N) is 1. The van der Waals surface area contributed by atoms with Gasteiger partial charge in [0.1, 0.15) is 0 Å². The van der Waals surface area contributed by atoms with E-state index in [1.807, 2.05) is 6.07 Å². The number of hydrogen-bond acceptors (Lipinski definition) is 1. The number of halogens is 1. The summed E-state index contributed by atoms with van der Waals surface area (Å²) < 4.78 is 1.11. The molecule has 0 aliphatic carbocycles. The van der Waals surface area contributed by atoms with E-state index in [1.165, 1.54) is 20.7 Å². The van der Waals surface area contributed by atoms with Gasteiger partial charge in [-0.2, -0.15) is 0 Å². The molecule has 1 heterocycles. The molecule has 3 rings (SSSR count). The average Bonchev–Trinajstić information content (AvgIpc) is 2.73. The lowest BCUT2D eigenvalue weighted by Gasteiger charge is -1.99. The van der Waals surface area contributed by atoms with Gasteiger partial charge in [0.2, 0.25) is 0 Å². The Morgan fingerprint density at radius 2 is 1.82 bits per heavy atom. The van der Waals surface area contributed by atoms with Crippen LogP contribution in [0.2, 0.25) is 0 Å². The Kier molecular flexibility index (Phi) is 2.95. The van der Waals surface area contributed by atoms with E-state index < -0.39 is 0 Å². The van der Waals surface area contributed by atoms with E-state index in [0.29, 0.717) is 0 Å². The first-order chi connectivity index (χ1) is 8.33. The summed E-state index contributed by atoms with van der Waals surface area (Å²) >= 11 is 5.29. The lowest BCUT2D eigenvalue weighted by molar-refractivity contribution is 1.39. The van der Waals surface area contributed by atoms with Crippen LogP contribution in [0.4, 0.5) is 0 Å². The van der Waals surface area contributed by atoms with Crippen molar-refractivity contribution in [1.82, 2.24) is 4.98 Å². The molecule has 2 aromatic carbocycles. The second-order valence-electron chi connectivity index (χ2n) is 3.76. The first-order valence-electron chi connectivity index (χ1n) is 5.32. The molecular formula is C14H10BrNS. The summed E-state index contributed by atoms with van der Waals surface area (Å²) in [7, 11) is 0. The molecule has 0 fully saturated rings. The zero-order valence-corrected chi connectivity index (χ0v) is 11.4. The maximum Gasteiger partial charge on any atom is 0.0466 e. The fraction of sp³-hybridized carbons (Fsp3) is 0. The molecule has 1 aromatic heterocycles. The molecule has 84 valence electrons. The van der Waals surface area contributed by atoms with Crippen molar-refractivity contribution in [2.45, 2.75) is 9.79 Å². The molecule has 0 atom stereocenters. The number of fused-ring (bicyclic) bond motifs is 1. The molecular weight excluding hydrogens is 294 g/mol. The van der Waals surface area contributed by atoms with Gasteiger partial charge in [-0.1, -0.05) is 45.9 Å². The van der Waals surface area contributed by atoms with Gasteiger partial charge in [-0.05, 0) is 30.3 Å². The smallest absolute Gasteiger partial charge is 0.0466 e. The first-order valence-corrected chi connectivity index (χ1v) is 6.93. The summed E-state index contributed by atoms with van der Waals surface area (Å²) in [5.41, 5.74) is 1.17. The Balaban J connectivity index is 2.03. The van der Waals surface area contributed by atoms with Crippen LogP contribution in [0, 0.1) is 0 Å². The van der Waals surface area contributed by atoms with Gasteiger partial charge >= 0.3 is 0 Å². The summed E-state index contributed by atoms with van der Waals surface area (Å²) in [6.07, 6.45) is 2.06. The van der Waals surface area contributed by atoms with E-state index in [-0.39, 0.29) is 0 Å². The first kappa shape index (κ1) is 10.9. The van der Waals surface area contributed by atoms with Gasteiger partial charge in [0, 0.05) is 31.4 Å². The van der Waals surface area contributed by atoms with E-state index >= 15 is 0 Å². The molecule has 0 unspecified atom stereocenters. The van der Waals surface area contributed by atoms with Crippen molar-refractivity contribution in [1.29, 1.82) is 0 Å². The predicted octanol–water partition coefficient (Wildman–Crippen LogP) is 5.08. The molecule has 1 N–H and O–H groups in total. The van der Waals surface area contributed by atoms with Crippen LogP contribution < -0.4 is 0 Å². The second kappa shape index (κ2) is 4.59. The largest absolute Gasteiger partial charge is 0.360 e. The van der Waals surface area contributed by atoms with Gasteiger partial charge in [0.15, 0.2) is 0 Å². The van der Waals surface area contributed by atoms with Gasteiger partial charge in [-0.3, -0.25) is 0 Å². The van der Waals surface area contributed by atoms with E-state index in [2.05, 4.69) is 69.6 Å². The molecule has 0 aliphatic rings. The fourth-order valence-electron chi connectivity index (χ4n) is 1.77. The summed E-state index contributed by atoms with van der Waals surface area (Å²) in [5.74, 6) is 0. The zero-order chi connectivity index (χ0) is 11.7. The van der Waals surface area contributed by atoms with Crippen molar-refractivity contribution in [2.24, 2.45) is 0 Å². The standard InChI is InChI=1S/C14H10BrNS/c15-10-6-7-13-12(8-10)14(9-16-13)17-11-4-2-1-3-5-11/h1-9,16H. The van der Waals surface area contributed by atoms with Crippen LogP contribution >= 0.6 is 27.7 Å². The third-order valence-corrected chi connectivity index (χ3v) is 4.14. The average molecular weight is 304 g/mol. The Morgan fingerprint density at radius 3 is 2.65 bits per heavy atom. The molecule has 0 saturated heterocycles. The molecule has 0 amide bonds. The van der Waals surface area contributed by atoms with Crippen molar-refractivity contribution in [3.8, 4) is 0 Å². The van der Waals surface area contributed by atoms with Gasteiger partial charge < -0.3 is 4.98 Å². The highest BCUT2D eigenvalue weighted by atomic mass is 79.9. The highest BCUT2D eigenvalue weighted by Crippen LogP contribution is 2.34. The minimum atomic E-state index is 1.11. The fourth-order valence-corrected chi connectivity index (χ4v) is 3.07. The normalized spacial score (nSPS) is 10.9. The quantitative estimate of drug-likeness (QED) is 0.698. The molecule has 0 saturated carbocycles. The van der Waals surface area contributed by atoms with Crippen LogP contribution in [0.3, 0.4) is 0 Å². The van der Waals surface area contributed by atoms with E-state index in [1.54, 1.807) is 11.8 Å². The van der Waals surface area contributed by atoms with Gasteiger partial charge in [-0.15, -0.1) is 0 Å².